The molecule has 0 radical (unpaired) electrons. The SMILES string of the molecule is C=CC[Si](C=C)(OC)OC. The van der Waals surface area contributed by atoms with Crippen LogP contribution in [0.3, 0.4) is 0 Å². The molecule has 0 rings (SSSR count). The molecule has 3 heteroatoms. The first-order valence-corrected chi connectivity index (χ1v) is 5.19. The van der Waals surface area contributed by atoms with Crippen LogP contribution in [0.15, 0.2) is 24.9 Å². The highest BCUT2D eigenvalue weighted by Gasteiger charge is 2.29. The normalized spacial score (nSPS) is 11.0. The third-order valence-corrected chi connectivity index (χ3v) is 4.29. The Kier molecular flexibility index (Phi) is 4.27. The van der Waals surface area contributed by atoms with Gasteiger partial charge in [-0.05, 0) is 5.70 Å². The lowest BCUT2D eigenvalue weighted by Gasteiger charge is -2.21. The van der Waals surface area contributed by atoms with Gasteiger partial charge >= 0.3 is 8.56 Å². The van der Waals surface area contributed by atoms with E-state index in [1.54, 1.807) is 26.0 Å². The van der Waals surface area contributed by atoms with Crippen molar-refractivity contribution in [2.24, 2.45) is 0 Å². The van der Waals surface area contributed by atoms with Gasteiger partial charge in [0.15, 0.2) is 0 Å². The monoisotopic (exact) mass is 158 g/mol. The summed E-state index contributed by atoms with van der Waals surface area (Å²) >= 11 is 0. The second-order valence-corrected chi connectivity index (χ2v) is 5.17. The van der Waals surface area contributed by atoms with Crippen LogP contribution in [0.2, 0.25) is 6.04 Å². The fourth-order valence-corrected chi connectivity index (χ4v) is 2.10. The predicted molar refractivity (Wildman–Crippen MR) is 45.0 cm³/mol. The molecule has 0 bridgehead atoms. The molecular formula is C7H14O2Si. The Labute approximate surface area is 63.4 Å². The van der Waals surface area contributed by atoms with Crippen molar-refractivity contribution in [3.8, 4) is 0 Å². The molecule has 0 aliphatic rings. The molecule has 2 nitrogen and oxygen atoms in total. The van der Waals surface area contributed by atoms with Crippen LogP contribution in [-0.2, 0) is 8.85 Å². The van der Waals surface area contributed by atoms with Crippen LogP contribution < -0.4 is 0 Å². The molecule has 0 aromatic carbocycles. The van der Waals surface area contributed by atoms with Gasteiger partial charge in [-0.3, -0.25) is 0 Å². The van der Waals surface area contributed by atoms with Gasteiger partial charge in [0, 0.05) is 20.3 Å². The highest BCUT2D eigenvalue weighted by atomic mass is 28.4. The number of hydrogen-bond acceptors (Lipinski definition) is 2. The molecule has 0 amide bonds. The van der Waals surface area contributed by atoms with Gasteiger partial charge < -0.3 is 8.85 Å². The average Bonchev–Trinajstić information content (AvgIpc) is 2.01. The summed E-state index contributed by atoms with van der Waals surface area (Å²) in [5.41, 5.74) is 1.76. The maximum Gasteiger partial charge on any atom is 0.367 e. The topological polar surface area (TPSA) is 18.5 Å². The maximum atomic E-state index is 5.20. The Balaban J connectivity index is 4.13. The molecule has 0 saturated carbocycles. The zero-order valence-electron chi connectivity index (χ0n) is 6.59. The van der Waals surface area contributed by atoms with Gasteiger partial charge in [0.1, 0.15) is 0 Å². The first-order chi connectivity index (χ1) is 4.74. The summed E-state index contributed by atoms with van der Waals surface area (Å²) in [5.74, 6) is 0. The maximum absolute atomic E-state index is 5.20. The first kappa shape index (κ1) is 9.62. The number of rotatable bonds is 5. The summed E-state index contributed by atoms with van der Waals surface area (Å²) in [5, 5.41) is 0. The van der Waals surface area contributed by atoms with Crippen molar-refractivity contribution >= 4 is 8.56 Å². The van der Waals surface area contributed by atoms with Crippen LogP contribution in [-0.4, -0.2) is 22.8 Å². The van der Waals surface area contributed by atoms with Crippen LogP contribution in [0, 0.1) is 0 Å². The van der Waals surface area contributed by atoms with Crippen LogP contribution in [0.4, 0.5) is 0 Å². The Hall–Kier alpha value is -0.383. The Morgan fingerprint density at radius 2 is 1.80 bits per heavy atom. The highest BCUT2D eigenvalue weighted by Crippen LogP contribution is 2.12. The van der Waals surface area contributed by atoms with Crippen LogP contribution in [0.1, 0.15) is 0 Å². The van der Waals surface area contributed by atoms with E-state index in [2.05, 4.69) is 13.2 Å². The fraction of sp³-hybridized carbons (Fsp3) is 0.429. The van der Waals surface area contributed by atoms with Crippen molar-refractivity contribution in [2.45, 2.75) is 6.04 Å². The van der Waals surface area contributed by atoms with Gasteiger partial charge in [0.05, 0.1) is 0 Å². The van der Waals surface area contributed by atoms with Crippen molar-refractivity contribution in [3.05, 3.63) is 24.9 Å². The fourth-order valence-electron chi connectivity index (χ4n) is 0.701. The van der Waals surface area contributed by atoms with E-state index in [0.717, 1.165) is 6.04 Å². The summed E-state index contributed by atoms with van der Waals surface area (Å²) < 4.78 is 10.4. The Bertz CT molecular complexity index is 119. The molecule has 0 spiro atoms. The van der Waals surface area contributed by atoms with Gasteiger partial charge in [-0.15, -0.1) is 13.2 Å². The predicted octanol–water partition coefficient (Wildman–Crippen LogP) is 1.63. The second kappa shape index (κ2) is 4.44. The molecule has 0 aromatic heterocycles. The highest BCUT2D eigenvalue weighted by molar-refractivity contribution is 6.72. The lowest BCUT2D eigenvalue weighted by Crippen LogP contribution is -2.36. The van der Waals surface area contributed by atoms with Crippen molar-refractivity contribution in [3.63, 3.8) is 0 Å². The lowest BCUT2D eigenvalue weighted by molar-refractivity contribution is 0.259. The average molecular weight is 158 g/mol. The molecule has 0 atom stereocenters. The molecule has 0 heterocycles. The summed E-state index contributed by atoms with van der Waals surface area (Å²) in [7, 11) is 1.21. The lowest BCUT2D eigenvalue weighted by atomic mass is 10.8. The minimum atomic E-state index is -2.07. The summed E-state index contributed by atoms with van der Waals surface area (Å²) in [4.78, 5) is 0. The smallest absolute Gasteiger partial charge is 0.367 e. The van der Waals surface area contributed by atoms with Crippen molar-refractivity contribution in [1.29, 1.82) is 0 Å². The van der Waals surface area contributed by atoms with E-state index in [4.69, 9.17) is 8.85 Å². The van der Waals surface area contributed by atoms with E-state index in [-0.39, 0.29) is 0 Å². The molecule has 0 saturated heterocycles. The largest absolute Gasteiger partial charge is 0.394 e. The van der Waals surface area contributed by atoms with E-state index < -0.39 is 8.56 Å². The van der Waals surface area contributed by atoms with Crippen molar-refractivity contribution in [1.82, 2.24) is 0 Å². The van der Waals surface area contributed by atoms with Gasteiger partial charge in [0.2, 0.25) is 0 Å². The molecule has 0 N–H and O–H groups in total. The summed E-state index contributed by atoms with van der Waals surface area (Å²) in [6.07, 6.45) is 1.79. The summed E-state index contributed by atoms with van der Waals surface area (Å²) in [6, 6.07) is 0.753. The molecule has 58 valence electrons. The molecule has 0 aliphatic carbocycles. The molecular weight excluding hydrogens is 144 g/mol. The van der Waals surface area contributed by atoms with Gasteiger partial charge in [-0.1, -0.05) is 6.08 Å². The zero-order chi connectivity index (χ0) is 8.04. The van der Waals surface area contributed by atoms with E-state index in [1.165, 1.54) is 0 Å². The molecule has 0 fully saturated rings. The zero-order valence-corrected chi connectivity index (χ0v) is 7.59. The standard InChI is InChI=1S/C7H14O2Si/c1-5-7-10(6-2,8-3)9-4/h5-6H,1-2,7H2,3-4H3. The quantitative estimate of drug-likeness (QED) is 0.447. The van der Waals surface area contributed by atoms with E-state index in [0.29, 0.717) is 0 Å². The van der Waals surface area contributed by atoms with E-state index >= 15 is 0 Å². The second-order valence-electron chi connectivity index (χ2n) is 1.92. The third-order valence-electron chi connectivity index (χ3n) is 1.43. The van der Waals surface area contributed by atoms with E-state index in [9.17, 15) is 0 Å². The minimum Gasteiger partial charge on any atom is -0.394 e. The third kappa shape index (κ3) is 2.09. The first-order valence-electron chi connectivity index (χ1n) is 3.09. The number of hydrogen-bond donors (Lipinski definition) is 0. The van der Waals surface area contributed by atoms with Crippen LogP contribution in [0.5, 0.6) is 0 Å². The van der Waals surface area contributed by atoms with Crippen LogP contribution >= 0.6 is 0 Å². The Morgan fingerprint density at radius 1 is 1.30 bits per heavy atom. The molecule has 0 unspecified atom stereocenters. The van der Waals surface area contributed by atoms with E-state index in [1.807, 2.05) is 0 Å². The molecule has 10 heavy (non-hydrogen) atoms. The Morgan fingerprint density at radius 3 is 1.90 bits per heavy atom. The van der Waals surface area contributed by atoms with Crippen molar-refractivity contribution < 1.29 is 8.85 Å². The summed E-state index contributed by atoms with van der Waals surface area (Å²) in [6.45, 7) is 7.27. The number of allylic oxidation sites excluding steroid dienone is 1. The van der Waals surface area contributed by atoms with Crippen LogP contribution in [0.25, 0.3) is 0 Å². The molecule has 0 aromatic rings. The van der Waals surface area contributed by atoms with Gasteiger partial charge in [-0.25, -0.2) is 0 Å². The van der Waals surface area contributed by atoms with Crippen molar-refractivity contribution in [2.75, 3.05) is 14.2 Å². The molecule has 0 aliphatic heterocycles. The minimum absolute atomic E-state index is 0.753. The van der Waals surface area contributed by atoms with Gasteiger partial charge in [0.25, 0.3) is 0 Å². The van der Waals surface area contributed by atoms with Gasteiger partial charge in [-0.2, -0.15) is 0 Å².